The molecule has 0 unspecified atom stereocenters. The predicted molar refractivity (Wildman–Crippen MR) is 73.9 cm³/mol. The summed E-state index contributed by atoms with van der Waals surface area (Å²) in [5, 5.41) is 5.21. The first-order valence-corrected chi connectivity index (χ1v) is 7.75. The van der Waals surface area contributed by atoms with Crippen LogP contribution in [-0.4, -0.2) is 28.2 Å². The molecule has 0 fully saturated rings. The van der Waals surface area contributed by atoms with Gasteiger partial charge >= 0.3 is 0 Å². The Labute approximate surface area is 114 Å². The van der Waals surface area contributed by atoms with Gasteiger partial charge in [0.1, 0.15) is 17.3 Å². The Balaban J connectivity index is 2.87. The van der Waals surface area contributed by atoms with Gasteiger partial charge in [0.25, 0.3) is 0 Å². The molecule has 6 heteroatoms. The maximum atomic E-state index is 11.6. The van der Waals surface area contributed by atoms with Crippen LogP contribution < -0.4 is 9.88 Å². The molecule has 0 atom stereocenters. The lowest BCUT2D eigenvalue weighted by atomic mass is 10.1. The van der Waals surface area contributed by atoms with Gasteiger partial charge in [0.05, 0.1) is 6.61 Å². The van der Waals surface area contributed by atoms with Gasteiger partial charge in [-0.15, -0.1) is 0 Å². The molecule has 0 aromatic heterocycles. The van der Waals surface area contributed by atoms with E-state index in [1.807, 2.05) is 19.9 Å². The monoisotopic (exact) mass is 287 g/mol. The van der Waals surface area contributed by atoms with Gasteiger partial charge in [-0.25, -0.2) is 13.6 Å². The summed E-state index contributed by atoms with van der Waals surface area (Å²) >= 11 is 0. The number of sulfonamides is 1. The van der Waals surface area contributed by atoms with Gasteiger partial charge in [-0.05, 0) is 37.5 Å². The van der Waals surface area contributed by atoms with Gasteiger partial charge in [-0.2, -0.15) is 0 Å². The number of aryl methyl sites for hydroxylation is 2. The first-order valence-electron chi connectivity index (χ1n) is 6.21. The highest BCUT2D eigenvalue weighted by molar-refractivity contribution is 7.89. The second-order valence-electron chi connectivity index (χ2n) is 4.41. The van der Waals surface area contributed by atoms with Crippen molar-refractivity contribution in [1.29, 1.82) is 0 Å². The second-order valence-corrected chi connectivity index (χ2v) is 5.94. The molecule has 1 rings (SSSR count). The van der Waals surface area contributed by atoms with Gasteiger partial charge in [0.15, 0.2) is 0 Å². The molecule has 1 aromatic rings. The van der Waals surface area contributed by atoms with Gasteiger partial charge in [-0.3, -0.25) is 0 Å². The molecule has 0 amide bonds. The van der Waals surface area contributed by atoms with Crippen LogP contribution in [0, 0.1) is 13.8 Å². The maximum Gasteiger partial charge on any atom is 0.241 e. The van der Waals surface area contributed by atoms with E-state index in [9.17, 15) is 8.42 Å². The fraction of sp³-hybridized carbons (Fsp3) is 0.538. The fourth-order valence-corrected chi connectivity index (χ4v) is 2.59. The first kappa shape index (κ1) is 15.9. The van der Waals surface area contributed by atoms with E-state index in [0.717, 1.165) is 17.5 Å². The van der Waals surface area contributed by atoms with Crippen molar-refractivity contribution in [1.82, 2.24) is 0 Å². The van der Waals surface area contributed by atoms with Crippen molar-refractivity contribution in [2.45, 2.75) is 32.1 Å². The Morgan fingerprint density at radius 2 is 1.84 bits per heavy atom. The van der Waals surface area contributed by atoms with Gasteiger partial charge in [0, 0.05) is 6.61 Å². The van der Waals surface area contributed by atoms with Crippen molar-refractivity contribution >= 4 is 10.0 Å². The normalized spacial score (nSPS) is 11.6. The number of hydrogen-bond acceptors (Lipinski definition) is 4. The highest BCUT2D eigenvalue weighted by atomic mass is 32.2. The average molecular weight is 287 g/mol. The van der Waals surface area contributed by atoms with Crippen LogP contribution >= 0.6 is 0 Å². The van der Waals surface area contributed by atoms with Crippen LogP contribution in [0.5, 0.6) is 5.75 Å². The lowest BCUT2D eigenvalue weighted by Crippen LogP contribution is -2.16. The predicted octanol–water partition coefficient (Wildman–Crippen LogP) is 1.76. The Kier molecular flexibility index (Phi) is 5.78. The molecule has 0 spiro atoms. The summed E-state index contributed by atoms with van der Waals surface area (Å²) in [5.74, 6) is 0.313. The van der Waals surface area contributed by atoms with Crippen LogP contribution in [0.4, 0.5) is 0 Å². The summed E-state index contributed by atoms with van der Waals surface area (Å²) in [6.45, 7) is 7.01. The van der Waals surface area contributed by atoms with Crippen LogP contribution in [0.25, 0.3) is 0 Å². The Morgan fingerprint density at radius 3 is 2.42 bits per heavy atom. The summed E-state index contributed by atoms with van der Waals surface area (Å²) in [7, 11) is -3.79. The van der Waals surface area contributed by atoms with E-state index in [1.165, 1.54) is 6.07 Å². The molecule has 0 radical (unpaired) electrons. The minimum atomic E-state index is -3.79. The van der Waals surface area contributed by atoms with Crippen LogP contribution in [0.3, 0.4) is 0 Å². The quantitative estimate of drug-likeness (QED) is 0.775. The smallest absolute Gasteiger partial charge is 0.241 e. The molecule has 0 aliphatic carbocycles. The topological polar surface area (TPSA) is 78.6 Å². The molecule has 0 saturated heterocycles. The molecular weight excluding hydrogens is 266 g/mol. The van der Waals surface area contributed by atoms with Crippen LogP contribution in [0.15, 0.2) is 17.0 Å². The van der Waals surface area contributed by atoms with Crippen molar-refractivity contribution in [3.05, 3.63) is 23.3 Å². The number of rotatable bonds is 7. The van der Waals surface area contributed by atoms with Crippen molar-refractivity contribution < 1.29 is 17.9 Å². The zero-order chi connectivity index (χ0) is 14.5. The maximum absolute atomic E-state index is 11.6. The molecule has 0 heterocycles. The van der Waals surface area contributed by atoms with Crippen molar-refractivity contribution in [2.75, 3.05) is 19.8 Å². The van der Waals surface area contributed by atoms with E-state index >= 15 is 0 Å². The van der Waals surface area contributed by atoms with Gasteiger partial charge in [-0.1, -0.05) is 13.0 Å². The Hall–Kier alpha value is -1.11. The number of primary sulfonamides is 1. The van der Waals surface area contributed by atoms with Crippen LogP contribution in [-0.2, 0) is 14.8 Å². The molecule has 0 aliphatic rings. The van der Waals surface area contributed by atoms with Gasteiger partial charge < -0.3 is 9.47 Å². The molecule has 19 heavy (non-hydrogen) atoms. The minimum Gasteiger partial charge on any atom is -0.489 e. The number of ether oxygens (including phenoxy) is 2. The average Bonchev–Trinajstić information content (AvgIpc) is 2.29. The number of nitrogens with two attached hydrogens (primary N) is 1. The largest absolute Gasteiger partial charge is 0.489 e. The summed E-state index contributed by atoms with van der Waals surface area (Å²) in [5.41, 5.74) is 1.58. The van der Waals surface area contributed by atoms with Crippen LogP contribution in [0.2, 0.25) is 0 Å². The Morgan fingerprint density at radius 1 is 1.16 bits per heavy atom. The molecule has 0 saturated carbocycles. The molecule has 5 nitrogen and oxygen atoms in total. The standard InChI is InChI=1S/C13H21NO4S/c1-4-5-17-6-7-18-13-11(3)8-10(2)9-12(13)19(14,15)16/h8-9H,4-7H2,1-3H3,(H2,14,15,16). The molecule has 0 bridgehead atoms. The third kappa shape index (κ3) is 4.81. The minimum absolute atomic E-state index is 0.0282. The van der Waals surface area contributed by atoms with Crippen LogP contribution in [0.1, 0.15) is 24.5 Å². The van der Waals surface area contributed by atoms with E-state index in [0.29, 0.717) is 25.6 Å². The summed E-state index contributed by atoms with van der Waals surface area (Å²) < 4.78 is 33.9. The SMILES string of the molecule is CCCOCCOc1c(C)cc(C)cc1S(N)(=O)=O. The molecule has 1 aromatic carbocycles. The molecule has 108 valence electrons. The van der Waals surface area contributed by atoms with E-state index < -0.39 is 10.0 Å². The van der Waals surface area contributed by atoms with E-state index in [1.54, 1.807) is 6.92 Å². The third-order valence-corrected chi connectivity index (χ3v) is 3.43. The summed E-state index contributed by atoms with van der Waals surface area (Å²) in [4.78, 5) is 0.0282. The molecule has 2 N–H and O–H groups in total. The highest BCUT2D eigenvalue weighted by Gasteiger charge is 2.18. The van der Waals surface area contributed by atoms with Crippen molar-refractivity contribution in [2.24, 2.45) is 5.14 Å². The van der Waals surface area contributed by atoms with Crippen molar-refractivity contribution in [3.8, 4) is 5.75 Å². The number of hydrogen-bond donors (Lipinski definition) is 1. The lowest BCUT2D eigenvalue weighted by molar-refractivity contribution is 0.0993. The summed E-state index contributed by atoms with van der Waals surface area (Å²) in [6.07, 6.45) is 0.936. The third-order valence-electron chi connectivity index (χ3n) is 2.51. The second kappa shape index (κ2) is 6.88. The fourth-order valence-electron chi connectivity index (χ4n) is 1.76. The van der Waals surface area contributed by atoms with E-state index in [2.05, 4.69) is 0 Å². The Bertz CT molecular complexity index is 526. The van der Waals surface area contributed by atoms with Crippen molar-refractivity contribution in [3.63, 3.8) is 0 Å². The first-order chi connectivity index (χ1) is 8.86. The number of benzene rings is 1. The zero-order valence-corrected chi connectivity index (χ0v) is 12.4. The van der Waals surface area contributed by atoms with E-state index in [-0.39, 0.29) is 4.90 Å². The van der Waals surface area contributed by atoms with Gasteiger partial charge in [0.2, 0.25) is 10.0 Å². The molecular formula is C13H21NO4S. The highest BCUT2D eigenvalue weighted by Crippen LogP contribution is 2.28. The summed E-state index contributed by atoms with van der Waals surface area (Å²) in [6, 6.07) is 3.38. The lowest BCUT2D eigenvalue weighted by Gasteiger charge is -2.14. The zero-order valence-electron chi connectivity index (χ0n) is 11.6. The molecule has 0 aliphatic heterocycles. The van der Waals surface area contributed by atoms with E-state index in [4.69, 9.17) is 14.6 Å².